The summed E-state index contributed by atoms with van der Waals surface area (Å²) in [7, 11) is 1.73. The number of hydrogen-bond donors (Lipinski definition) is 1. The molecule has 1 amide bonds. The van der Waals surface area contributed by atoms with Crippen LogP contribution in [0.3, 0.4) is 0 Å². The number of rotatable bonds is 5. The Morgan fingerprint density at radius 1 is 1.46 bits per heavy atom. The molecular weight excluding hydrogens is 308 g/mol. The van der Waals surface area contributed by atoms with Gasteiger partial charge in [0.15, 0.2) is 0 Å². The van der Waals surface area contributed by atoms with Gasteiger partial charge in [-0.05, 0) is 25.0 Å². The van der Waals surface area contributed by atoms with E-state index in [4.69, 9.17) is 9.47 Å². The average Bonchev–Trinajstić information content (AvgIpc) is 2.58. The molecule has 24 heavy (non-hydrogen) atoms. The molecule has 0 aromatic rings. The Kier molecular flexibility index (Phi) is 4.99. The average molecular weight is 332 g/mol. The number of ether oxygens (including phenoxy) is 2. The molecule has 7 heteroatoms. The lowest BCUT2D eigenvalue weighted by Gasteiger charge is -2.40. The number of aliphatic imine (C=N–C) groups is 1. The standard InChI is InChI=1S/C17H24N4O3/c1-4-12-5-6-14(11(2)15(12)23-3)24-13-9-21(10-13)17(22)16-18-7-8-19-20-16/h5-7,12-13,15,19H,4,8-10H2,1-3H3. The Morgan fingerprint density at radius 3 is 2.88 bits per heavy atom. The second kappa shape index (κ2) is 7.17. The Balaban J connectivity index is 1.56. The molecule has 7 nitrogen and oxygen atoms in total. The van der Waals surface area contributed by atoms with Gasteiger partial charge in [0.2, 0.25) is 5.84 Å². The number of likely N-dealkylation sites (tertiary alicyclic amines) is 1. The topological polar surface area (TPSA) is 75.5 Å². The number of carbonyl (C=O) groups is 1. The van der Waals surface area contributed by atoms with Crippen LogP contribution < -0.4 is 5.43 Å². The lowest BCUT2D eigenvalue weighted by molar-refractivity contribution is -0.134. The highest BCUT2D eigenvalue weighted by Crippen LogP contribution is 2.30. The molecule has 0 saturated carbocycles. The van der Waals surface area contributed by atoms with Crippen molar-refractivity contribution in [3.8, 4) is 0 Å². The van der Waals surface area contributed by atoms with Crippen LogP contribution in [0.25, 0.3) is 0 Å². The number of amides is 1. The van der Waals surface area contributed by atoms with Crippen molar-refractivity contribution in [1.82, 2.24) is 10.3 Å². The zero-order valence-corrected chi connectivity index (χ0v) is 14.4. The fraction of sp³-hybridized carbons (Fsp3) is 0.588. The maximum atomic E-state index is 12.2. The maximum absolute atomic E-state index is 12.2. The zero-order chi connectivity index (χ0) is 17.1. The molecule has 0 aromatic heterocycles. The van der Waals surface area contributed by atoms with Crippen LogP contribution in [-0.2, 0) is 14.3 Å². The van der Waals surface area contributed by atoms with Gasteiger partial charge in [0.25, 0.3) is 5.91 Å². The van der Waals surface area contributed by atoms with Crippen LogP contribution in [0, 0.1) is 5.92 Å². The van der Waals surface area contributed by atoms with Gasteiger partial charge in [-0.1, -0.05) is 13.0 Å². The van der Waals surface area contributed by atoms with Crippen LogP contribution in [0.15, 0.2) is 33.6 Å². The smallest absolute Gasteiger partial charge is 0.293 e. The van der Waals surface area contributed by atoms with Crippen molar-refractivity contribution < 1.29 is 14.3 Å². The van der Waals surface area contributed by atoms with E-state index in [1.165, 1.54) is 0 Å². The summed E-state index contributed by atoms with van der Waals surface area (Å²) in [6, 6.07) is 0. The number of nitrogens with zero attached hydrogens (tertiary/aromatic N) is 3. The van der Waals surface area contributed by atoms with E-state index in [9.17, 15) is 4.79 Å². The Bertz CT molecular complexity index is 617. The normalized spacial score (nSPS) is 26.8. The molecule has 0 radical (unpaired) electrons. The molecule has 1 fully saturated rings. The third kappa shape index (κ3) is 3.21. The third-order valence-electron chi connectivity index (χ3n) is 4.63. The number of hydrazone groups is 1. The zero-order valence-electron chi connectivity index (χ0n) is 14.4. The van der Waals surface area contributed by atoms with E-state index in [-0.39, 0.29) is 24.0 Å². The number of methoxy groups -OCH3 is 1. The van der Waals surface area contributed by atoms with Gasteiger partial charge in [-0.3, -0.25) is 4.79 Å². The first-order valence-corrected chi connectivity index (χ1v) is 8.34. The van der Waals surface area contributed by atoms with Crippen LogP contribution in [-0.4, -0.2) is 61.8 Å². The highest BCUT2D eigenvalue weighted by Gasteiger charge is 2.36. The molecule has 0 bridgehead atoms. The Labute approximate surface area is 142 Å². The minimum Gasteiger partial charge on any atom is -0.487 e. The van der Waals surface area contributed by atoms with Crippen molar-refractivity contribution in [2.24, 2.45) is 16.0 Å². The molecule has 2 aliphatic heterocycles. The number of nitrogens with one attached hydrogen (secondary N) is 1. The van der Waals surface area contributed by atoms with Crippen molar-refractivity contribution >= 4 is 18.0 Å². The summed E-state index contributed by atoms with van der Waals surface area (Å²) in [5, 5.41) is 3.92. The number of hydrogen-bond acceptors (Lipinski definition) is 6. The lowest BCUT2D eigenvalue weighted by Crippen LogP contribution is -2.56. The van der Waals surface area contributed by atoms with Gasteiger partial charge in [0.1, 0.15) is 11.9 Å². The third-order valence-corrected chi connectivity index (χ3v) is 4.63. The summed E-state index contributed by atoms with van der Waals surface area (Å²) in [5.41, 5.74) is 3.86. The summed E-state index contributed by atoms with van der Waals surface area (Å²) in [6.07, 6.45) is 6.91. The molecule has 0 spiro atoms. The van der Waals surface area contributed by atoms with Crippen LogP contribution in [0.4, 0.5) is 0 Å². The van der Waals surface area contributed by atoms with E-state index in [1.807, 2.05) is 13.0 Å². The Hall–Kier alpha value is -2.15. The van der Waals surface area contributed by atoms with E-state index in [1.54, 1.807) is 18.2 Å². The molecule has 2 unspecified atom stereocenters. The monoisotopic (exact) mass is 332 g/mol. The van der Waals surface area contributed by atoms with Crippen molar-refractivity contribution in [2.75, 3.05) is 26.7 Å². The minimum atomic E-state index is -0.163. The van der Waals surface area contributed by atoms with Gasteiger partial charge in [-0.15, -0.1) is 0 Å². The molecule has 2 atom stereocenters. The van der Waals surface area contributed by atoms with Crippen molar-refractivity contribution in [1.29, 1.82) is 0 Å². The molecule has 1 saturated heterocycles. The fourth-order valence-electron chi connectivity index (χ4n) is 3.16. The van der Waals surface area contributed by atoms with Crippen LogP contribution in [0.5, 0.6) is 0 Å². The minimum absolute atomic E-state index is 0.000335. The number of allylic oxidation sites excluding steroid dienone is 1. The number of carbonyl (C=O) groups excluding carboxylic acids is 1. The van der Waals surface area contributed by atoms with Crippen molar-refractivity contribution in [2.45, 2.75) is 32.5 Å². The van der Waals surface area contributed by atoms with Gasteiger partial charge in [0, 0.05) is 19.2 Å². The molecule has 1 aliphatic carbocycles. The van der Waals surface area contributed by atoms with E-state index >= 15 is 0 Å². The molecule has 1 N–H and O–H groups in total. The summed E-state index contributed by atoms with van der Waals surface area (Å²) < 4.78 is 11.7. The summed E-state index contributed by atoms with van der Waals surface area (Å²) in [5.74, 6) is 1.29. The van der Waals surface area contributed by atoms with Crippen molar-refractivity contribution in [3.05, 3.63) is 23.5 Å². The summed E-state index contributed by atoms with van der Waals surface area (Å²) in [6.45, 7) is 5.86. The summed E-state index contributed by atoms with van der Waals surface area (Å²) in [4.78, 5) is 17.9. The predicted molar refractivity (Wildman–Crippen MR) is 91.8 cm³/mol. The second-order valence-electron chi connectivity index (χ2n) is 6.19. The molecule has 3 aliphatic rings. The molecule has 3 rings (SSSR count). The lowest BCUT2D eigenvalue weighted by atomic mass is 9.88. The maximum Gasteiger partial charge on any atom is 0.293 e. The van der Waals surface area contributed by atoms with E-state index < -0.39 is 0 Å². The second-order valence-corrected chi connectivity index (χ2v) is 6.19. The predicted octanol–water partition coefficient (Wildman–Crippen LogP) is 1.09. The molecule has 0 aromatic carbocycles. The van der Waals surface area contributed by atoms with E-state index in [2.05, 4.69) is 28.5 Å². The van der Waals surface area contributed by atoms with Gasteiger partial charge in [0.05, 0.1) is 25.7 Å². The van der Waals surface area contributed by atoms with Gasteiger partial charge >= 0.3 is 0 Å². The highest BCUT2D eigenvalue weighted by molar-refractivity contribution is 6.39. The van der Waals surface area contributed by atoms with Crippen LogP contribution in [0.1, 0.15) is 20.3 Å². The molecule has 2 heterocycles. The van der Waals surface area contributed by atoms with E-state index in [0.29, 0.717) is 25.6 Å². The quantitative estimate of drug-likeness (QED) is 0.818. The fourth-order valence-corrected chi connectivity index (χ4v) is 3.16. The largest absolute Gasteiger partial charge is 0.487 e. The van der Waals surface area contributed by atoms with Crippen LogP contribution >= 0.6 is 0 Å². The Morgan fingerprint density at radius 2 is 2.25 bits per heavy atom. The first-order valence-electron chi connectivity index (χ1n) is 8.34. The van der Waals surface area contributed by atoms with Crippen LogP contribution in [0.2, 0.25) is 0 Å². The number of amidine groups is 1. The first kappa shape index (κ1) is 16.7. The van der Waals surface area contributed by atoms with Gasteiger partial charge in [-0.2, -0.15) is 5.10 Å². The first-order chi connectivity index (χ1) is 11.6. The van der Waals surface area contributed by atoms with Gasteiger partial charge < -0.3 is 19.8 Å². The summed E-state index contributed by atoms with van der Waals surface area (Å²) >= 11 is 0. The SMILES string of the molecule is CCC1C=CC(OC2CN(C(=O)C3=NNCC=N3)C2)=C(C)C1OC. The highest BCUT2D eigenvalue weighted by atomic mass is 16.5. The van der Waals surface area contributed by atoms with E-state index in [0.717, 1.165) is 17.8 Å². The van der Waals surface area contributed by atoms with Gasteiger partial charge in [-0.25, -0.2) is 4.99 Å². The molecule has 130 valence electrons. The molecular formula is C17H24N4O3. The van der Waals surface area contributed by atoms with Crippen molar-refractivity contribution in [3.63, 3.8) is 0 Å².